The summed E-state index contributed by atoms with van der Waals surface area (Å²) in [7, 11) is 0. The molecule has 1 aliphatic rings. The molecular weight excluding hydrogens is 357 g/mol. The van der Waals surface area contributed by atoms with E-state index < -0.39 is 6.10 Å². The van der Waals surface area contributed by atoms with Gasteiger partial charge in [0, 0.05) is 13.5 Å². The first-order chi connectivity index (χ1) is 8.90. The number of allylic oxidation sites excluding steroid dienone is 2. The Morgan fingerprint density at radius 2 is 2.16 bits per heavy atom. The number of carbonyl (C=O) groups is 1. The molecule has 1 saturated heterocycles. The molecule has 4 nitrogen and oxygen atoms in total. The van der Waals surface area contributed by atoms with Crippen molar-refractivity contribution >= 4 is 28.5 Å². The standard InChI is InChI=1S/C14H24INO3/c1-9-7-12(18)14(8-16-11(3)17)19-13(9)6-4-5-10(2)15/h5,9,12-14,18H,4,6-8H2,1-3H3,(H,16,17)/b10-5+/t9-,12-,13-,14+/m1/s1. The van der Waals surface area contributed by atoms with E-state index in [1.807, 2.05) is 0 Å². The zero-order valence-electron chi connectivity index (χ0n) is 11.9. The van der Waals surface area contributed by atoms with Gasteiger partial charge in [-0.1, -0.05) is 13.0 Å². The summed E-state index contributed by atoms with van der Waals surface area (Å²) in [5, 5.41) is 12.7. The lowest BCUT2D eigenvalue weighted by atomic mass is 9.88. The second-order valence-corrected chi connectivity index (χ2v) is 7.00. The Morgan fingerprint density at radius 3 is 2.74 bits per heavy atom. The van der Waals surface area contributed by atoms with E-state index in [0.717, 1.165) is 19.3 Å². The lowest BCUT2D eigenvalue weighted by Gasteiger charge is -2.38. The summed E-state index contributed by atoms with van der Waals surface area (Å²) in [6.07, 6.45) is 4.29. The number of ether oxygens (including phenoxy) is 1. The van der Waals surface area contributed by atoms with Crippen molar-refractivity contribution in [2.45, 2.75) is 58.3 Å². The van der Waals surface area contributed by atoms with Gasteiger partial charge in [0.1, 0.15) is 6.10 Å². The maximum atomic E-state index is 10.9. The highest BCUT2D eigenvalue weighted by molar-refractivity contribution is 14.1. The molecule has 1 aliphatic heterocycles. The lowest BCUT2D eigenvalue weighted by Crippen LogP contribution is -2.48. The predicted octanol–water partition coefficient (Wildman–Crippen LogP) is 2.40. The number of rotatable bonds is 5. The summed E-state index contributed by atoms with van der Waals surface area (Å²) >= 11 is 2.30. The van der Waals surface area contributed by atoms with Crippen LogP contribution in [-0.4, -0.2) is 35.9 Å². The van der Waals surface area contributed by atoms with Crippen LogP contribution in [0.25, 0.3) is 0 Å². The van der Waals surface area contributed by atoms with Crippen LogP contribution in [0.2, 0.25) is 0 Å². The SMILES string of the molecule is CC(=O)NC[C@@H]1O[C@H](CC/C=C(\C)I)[C@H](C)C[C@H]1O. The van der Waals surface area contributed by atoms with Crippen LogP contribution in [0.15, 0.2) is 9.66 Å². The van der Waals surface area contributed by atoms with E-state index in [9.17, 15) is 9.90 Å². The van der Waals surface area contributed by atoms with E-state index in [4.69, 9.17) is 4.74 Å². The van der Waals surface area contributed by atoms with Crippen LogP contribution >= 0.6 is 22.6 Å². The fourth-order valence-electron chi connectivity index (χ4n) is 2.36. The normalized spacial score (nSPS) is 32.2. The Morgan fingerprint density at radius 1 is 1.47 bits per heavy atom. The van der Waals surface area contributed by atoms with Crippen molar-refractivity contribution in [2.24, 2.45) is 5.92 Å². The van der Waals surface area contributed by atoms with Crippen molar-refractivity contribution < 1.29 is 14.6 Å². The molecule has 0 aromatic rings. The molecule has 0 radical (unpaired) electrons. The Hall–Kier alpha value is -0.140. The molecule has 0 aromatic heterocycles. The van der Waals surface area contributed by atoms with Crippen LogP contribution < -0.4 is 5.32 Å². The van der Waals surface area contributed by atoms with E-state index in [1.54, 1.807) is 0 Å². The molecule has 5 heteroatoms. The van der Waals surface area contributed by atoms with Gasteiger partial charge in [-0.2, -0.15) is 0 Å². The number of nitrogens with one attached hydrogen (secondary N) is 1. The Bertz CT molecular complexity index is 329. The van der Waals surface area contributed by atoms with Gasteiger partial charge in [0.25, 0.3) is 0 Å². The Kier molecular flexibility index (Phi) is 7.31. The topological polar surface area (TPSA) is 58.6 Å². The average Bonchev–Trinajstić information content (AvgIpc) is 2.29. The summed E-state index contributed by atoms with van der Waals surface area (Å²) in [5.41, 5.74) is 0. The highest BCUT2D eigenvalue weighted by atomic mass is 127. The van der Waals surface area contributed by atoms with Crippen LogP contribution in [0, 0.1) is 5.92 Å². The van der Waals surface area contributed by atoms with Gasteiger partial charge in [0.15, 0.2) is 0 Å². The number of amides is 1. The van der Waals surface area contributed by atoms with E-state index in [0.29, 0.717) is 12.5 Å². The minimum atomic E-state index is -0.486. The Labute approximate surface area is 129 Å². The lowest BCUT2D eigenvalue weighted by molar-refractivity contribution is -0.144. The average molecular weight is 381 g/mol. The van der Waals surface area contributed by atoms with Crippen molar-refractivity contribution in [3.63, 3.8) is 0 Å². The summed E-state index contributed by atoms with van der Waals surface area (Å²) in [6.45, 7) is 6.06. The van der Waals surface area contributed by atoms with Crippen molar-refractivity contribution in [1.29, 1.82) is 0 Å². The molecular formula is C14H24INO3. The molecule has 19 heavy (non-hydrogen) atoms. The first-order valence-electron chi connectivity index (χ1n) is 6.80. The first kappa shape index (κ1) is 16.9. The molecule has 0 spiro atoms. The molecule has 0 unspecified atom stereocenters. The van der Waals surface area contributed by atoms with Gasteiger partial charge in [-0.3, -0.25) is 4.79 Å². The molecule has 1 rings (SSSR count). The zero-order chi connectivity index (χ0) is 14.4. The van der Waals surface area contributed by atoms with Gasteiger partial charge in [-0.15, -0.1) is 0 Å². The quantitative estimate of drug-likeness (QED) is 0.720. The zero-order valence-corrected chi connectivity index (χ0v) is 14.0. The minimum Gasteiger partial charge on any atom is -0.390 e. The van der Waals surface area contributed by atoms with Crippen LogP contribution in [-0.2, 0) is 9.53 Å². The van der Waals surface area contributed by atoms with Crippen molar-refractivity contribution in [3.05, 3.63) is 9.66 Å². The maximum absolute atomic E-state index is 10.9. The van der Waals surface area contributed by atoms with Gasteiger partial charge in [-0.05, 0) is 58.3 Å². The number of halogens is 1. The molecule has 1 fully saturated rings. The smallest absolute Gasteiger partial charge is 0.216 e. The summed E-state index contributed by atoms with van der Waals surface area (Å²) in [4.78, 5) is 10.9. The maximum Gasteiger partial charge on any atom is 0.216 e. The first-order valence-corrected chi connectivity index (χ1v) is 7.88. The van der Waals surface area contributed by atoms with Gasteiger partial charge >= 0.3 is 0 Å². The summed E-state index contributed by atoms with van der Waals surface area (Å²) in [5.74, 6) is 0.265. The van der Waals surface area contributed by atoms with Gasteiger partial charge < -0.3 is 15.2 Å². The number of hydrogen-bond acceptors (Lipinski definition) is 3. The minimum absolute atomic E-state index is 0.0885. The summed E-state index contributed by atoms with van der Waals surface area (Å²) in [6, 6.07) is 0. The molecule has 0 aromatic carbocycles. The Balaban J connectivity index is 2.47. The van der Waals surface area contributed by atoms with Gasteiger partial charge in [0.05, 0.1) is 12.2 Å². The fourth-order valence-corrected chi connectivity index (χ4v) is 2.67. The number of aliphatic hydroxyl groups excluding tert-OH is 1. The molecule has 110 valence electrons. The van der Waals surface area contributed by atoms with Crippen molar-refractivity contribution in [3.8, 4) is 0 Å². The third-order valence-corrected chi connectivity index (χ3v) is 3.90. The van der Waals surface area contributed by atoms with Gasteiger partial charge in [-0.25, -0.2) is 0 Å². The number of hydrogen-bond donors (Lipinski definition) is 2. The van der Waals surface area contributed by atoms with Crippen LogP contribution in [0.1, 0.15) is 40.0 Å². The predicted molar refractivity (Wildman–Crippen MR) is 84.1 cm³/mol. The molecule has 0 bridgehead atoms. The second-order valence-electron chi connectivity index (χ2n) is 5.30. The molecule has 1 amide bonds. The fraction of sp³-hybridized carbons (Fsp3) is 0.786. The third kappa shape index (κ3) is 6.23. The molecule has 1 heterocycles. The van der Waals surface area contributed by atoms with Crippen molar-refractivity contribution in [1.82, 2.24) is 5.32 Å². The molecule has 0 aliphatic carbocycles. The van der Waals surface area contributed by atoms with Crippen LogP contribution in [0.4, 0.5) is 0 Å². The second kappa shape index (κ2) is 8.21. The number of aliphatic hydroxyl groups is 1. The van der Waals surface area contributed by atoms with E-state index in [2.05, 4.69) is 47.8 Å². The van der Waals surface area contributed by atoms with Crippen LogP contribution in [0.3, 0.4) is 0 Å². The van der Waals surface area contributed by atoms with Gasteiger partial charge in [0.2, 0.25) is 5.91 Å². The monoisotopic (exact) mass is 381 g/mol. The highest BCUT2D eigenvalue weighted by Crippen LogP contribution is 2.28. The molecule has 4 atom stereocenters. The highest BCUT2D eigenvalue weighted by Gasteiger charge is 2.34. The van der Waals surface area contributed by atoms with E-state index in [1.165, 1.54) is 10.5 Å². The number of carbonyl (C=O) groups excluding carboxylic acids is 1. The van der Waals surface area contributed by atoms with E-state index in [-0.39, 0.29) is 18.1 Å². The summed E-state index contributed by atoms with van der Waals surface area (Å²) < 4.78 is 7.23. The van der Waals surface area contributed by atoms with Crippen molar-refractivity contribution in [2.75, 3.05) is 6.54 Å². The molecule has 2 N–H and O–H groups in total. The van der Waals surface area contributed by atoms with Crippen LogP contribution in [0.5, 0.6) is 0 Å². The molecule has 0 saturated carbocycles. The largest absolute Gasteiger partial charge is 0.390 e. The third-order valence-electron chi connectivity index (χ3n) is 3.46. The van der Waals surface area contributed by atoms with E-state index >= 15 is 0 Å².